The van der Waals surface area contributed by atoms with Gasteiger partial charge in [-0.05, 0) is 78.1 Å². The van der Waals surface area contributed by atoms with E-state index in [-0.39, 0.29) is 11.9 Å². The van der Waals surface area contributed by atoms with E-state index in [1.807, 2.05) is 71.4 Å². The number of benzene rings is 2. The number of aromatic nitrogens is 6. The van der Waals surface area contributed by atoms with Crippen molar-refractivity contribution >= 4 is 22.9 Å². The number of amides is 1. The minimum Gasteiger partial charge on any atom is -0.383 e. The maximum absolute atomic E-state index is 13.1. The number of aryl methyl sites for hydroxylation is 1. The Balaban J connectivity index is 1.30. The third-order valence-electron chi connectivity index (χ3n) is 7.56. The summed E-state index contributed by atoms with van der Waals surface area (Å²) in [6.07, 6.45) is 6.87. The maximum Gasteiger partial charge on any atom is 0.252 e. The molecule has 41 heavy (non-hydrogen) atoms. The van der Waals surface area contributed by atoms with Crippen molar-refractivity contribution in [2.75, 3.05) is 5.73 Å². The molecule has 7 rings (SSSR count). The van der Waals surface area contributed by atoms with Crippen LogP contribution >= 0.6 is 0 Å². The Hall–Kier alpha value is -5.35. The molecule has 1 aliphatic carbocycles. The van der Waals surface area contributed by atoms with Gasteiger partial charge in [-0.3, -0.25) is 9.36 Å². The van der Waals surface area contributed by atoms with E-state index in [1.165, 1.54) is 0 Å². The third-order valence-corrected chi connectivity index (χ3v) is 7.56. The number of rotatable bonds is 6. The van der Waals surface area contributed by atoms with E-state index in [1.54, 1.807) is 17.1 Å². The Kier molecular flexibility index (Phi) is 6.02. The molecule has 0 saturated heterocycles. The van der Waals surface area contributed by atoms with Crippen molar-refractivity contribution in [2.24, 2.45) is 5.73 Å². The molecule has 10 nitrogen and oxygen atoms in total. The molecule has 0 bridgehead atoms. The first-order valence-electron chi connectivity index (χ1n) is 13.4. The summed E-state index contributed by atoms with van der Waals surface area (Å²) in [7, 11) is 0. The van der Waals surface area contributed by atoms with E-state index in [9.17, 15) is 4.79 Å². The molecule has 10 heteroatoms. The molecule has 5 N–H and O–H groups in total. The van der Waals surface area contributed by atoms with Gasteiger partial charge in [0, 0.05) is 36.4 Å². The Bertz CT molecular complexity index is 1910. The number of carbonyl (C=O) groups is 1. The van der Waals surface area contributed by atoms with Crippen molar-refractivity contribution in [1.82, 2.24) is 34.6 Å². The molecule has 202 valence electrons. The first kappa shape index (κ1) is 24.7. The number of pyridine rings is 2. The fraction of sp³-hybridized carbons (Fsp3) is 0.129. The highest BCUT2D eigenvalue weighted by atomic mass is 16.1. The van der Waals surface area contributed by atoms with Crippen LogP contribution in [-0.4, -0.2) is 35.2 Å². The van der Waals surface area contributed by atoms with Gasteiger partial charge >= 0.3 is 0 Å². The second-order valence-corrected chi connectivity index (χ2v) is 9.98. The summed E-state index contributed by atoms with van der Waals surface area (Å²) in [6, 6.07) is 23.1. The summed E-state index contributed by atoms with van der Waals surface area (Å²) in [5.41, 5.74) is 18.9. The van der Waals surface area contributed by atoms with Gasteiger partial charge in [-0.1, -0.05) is 24.3 Å². The lowest BCUT2D eigenvalue weighted by Gasteiger charge is -2.17. The minimum atomic E-state index is -0.113. The minimum absolute atomic E-state index is 0.0881. The molecule has 4 aromatic heterocycles. The molecule has 0 saturated carbocycles. The number of hydrogen-bond acceptors (Lipinski definition) is 7. The number of fused-ring (bicyclic) bond motifs is 2. The van der Waals surface area contributed by atoms with Crippen LogP contribution in [0.4, 0.5) is 5.82 Å². The number of nitrogens with two attached hydrogens (primary N) is 2. The number of nitrogens with zero attached hydrogens (tertiary/aromatic N) is 6. The first-order valence-corrected chi connectivity index (χ1v) is 13.4. The molecule has 2 aromatic carbocycles. The SMILES string of the molecule is NCc1ccccc1C(=O)N[C@H]1CCc2cc(-n3c(-c4cccnc4N)nc4ccc(-n5cccn5)nc43)ccc21. The van der Waals surface area contributed by atoms with Crippen molar-refractivity contribution in [3.8, 4) is 22.9 Å². The number of carbonyl (C=O) groups excluding carboxylic acids is 1. The second kappa shape index (κ2) is 10.00. The lowest BCUT2D eigenvalue weighted by Crippen LogP contribution is -2.28. The van der Waals surface area contributed by atoms with Crippen LogP contribution in [0.25, 0.3) is 34.1 Å². The van der Waals surface area contributed by atoms with Gasteiger partial charge < -0.3 is 16.8 Å². The van der Waals surface area contributed by atoms with Gasteiger partial charge in [0.1, 0.15) is 11.3 Å². The van der Waals surface area contributed by atoms with E-state index < -0.39 is 0 Å². The summed E-state index contributed by atoms with van der Waals surface area (Å²) < 4.78 is 3.73. The Morgan fingerprint density at radius 2 is 1.90 bits per heavy atom. The second-order valence-electron chi connectivity index (χ2n) is 9.98. The van der Waals surface area contributed by atoms with Gasteiger partial charge in [-0.25, -0.2) is 19.6 Å². The van der Waals surface area contributed by atoms with Crippen LogP contribution in [0.3, 0.4) is 0 Å². The van der Waals surface area contributed by atoms with Crippen molar-refractivity contribution in [3.05, 3.63) is 114 Å². The highest BCUT2D eigenvalue weighted by Crippen LogP contribution is 2.36. The van der Waals surface area contributed by atoms with Gasteiger partial charge in [0.2, 0.25) is 0 Å². The molecule has 1 amide bonds. The maximum atomic E-state index is 13.1. The fourth-order valence-electron chi connectivity index (χ4n) is 5.56. The van der Waals surface area contributed by atoms with E-state index >= 15 is 0 Å². The van der Waals surface area contributed by atoms with Gasteiger partial charge in [0.25, 0.3) is 5.91 Å². The summed E-state index contributed by atoms with van der Waals surface area (Å²) in [4.78, 5) is 27.3. The van der Waals surface area contributed by atoms with Gasteiger partial charge in [0.15, 0.2) is 17.3 Å². The Morgan fingerprint density at radius 3 is 2.73 bits per heavy atom. The summed E-state index contributed by atoms with van der Waals surface area (Å²) in [5, 5.41) is 7.56. The van der Waals surface area contributed by atoms with Gasteiger partial charge in [0.05, 0.1) is 11.6 Å². The molecule has 6 aromatic rings. The number of hydrogen-bond donors (Lipinski definition) is 3. The van der Waals surface area contributed by atoms with Gasteiger partial charge in [-0.2, -0.15) is 5.10 Å². The fourth-order valence-corrected chi connectivity index (χ4v) is 5.56. The number of imidazole rings is 1. The van der Waals surface area contributed by atoms with Crippen molar-refractivity contribution in [3.63, 3.8) is 0 Å². The van der Waals surface area contributed by atoms with Crippen LogP contribution in [0.2, 0.25) is 0 Å². The van der Waals surface area contributed by atoms with E-state index in [2.05, 4.69) is 27.5 Å². The summed E-state index contributed by atoms with van der Waals surface area (Å²) in [6.45, 7) is 0.312. The quantitative estimate of drug-likeness (QED) is 0.288. The third kappa shape index (κ3) is 4.30. The van der Waals surface area contributed by atoms with Crippen molar-refractivity contribution in [1.29, 1.82) is 0 Å². The molecular formula is C31H27N9O. The van der Waals surface area contributed by atoms with Crippen LogP contribution < -0.4 is 16.8 Å². The summed E-state index contributed by atoms with van der Waals surface area (Å²) in [5.74, 6) is 1.60. The lowest BCUT2D eigenvalue weighted by molar-refractivity contribution is 0.0935. The zero-order chi connectivity index (χ0) is 27.9. The molecule has 0 aliphatic heterocycles. The smallest absolute Gasteiger partial charge is 0.252 e. The van der Waals surface area contributed by atoms with Gasteiger partial charge in [-0.15, -0.1) is 0 Å². The average Bonchev–Trinajstić information content (AvgIpc) is 3.76. The first-order chi connectivity index (χ1) is 20.1. The van der Waals surface area contributed by atoms with E-state index in [0.717, 1.165) is 46.3 Å². The number of anilines is 1. The van der Waals surface area contributed by atoms with E-state index in [0.29, 0.717) is 35.2 Å². The standard InChI is InChI=1S/C31H27N9O/c32-18-20-5-1-2-6-23(20)31(41)37-25-11-8-19-17-21(9-10-22(19)25)40-29(24-7-3-14-34-28(24)33)36-26-12-13-27(38-30(26)40)39-16-4-15-35-39/h1-7,9-10,12-17,25H,8,11,18,32H2,(H2,33,34)(H,37,41)/t25-/m0/s1. The highest BCUT2D eigenvalue weighted by Gasteiger charge is 2.27. The zero-order valence-electron chi connectivity index (χ0n) is 22.1. The molecule has 1 atom stereocenters. The Morgan fingerprint density at radius 1 is 1.00 bits per heavy atom. The lowest BCUT2D eigenvalue weighted by atomic mass is 10.0. The highest BCUT2D eigenvalue weighted by molar-refractivity contribution is 5.96. The molecular weight excluding hydrogens is 514 g/mol. The van der Waals surface area contributed by atoms with Crippen LogP contribution in [0.5, 0.6) is 0 Å². The van der Waals surface area contributed by atoms with Crippen molar-refractivity contribution < 1.29 is 4.79 Å². The average molecular weight is 542 g/mol. The molecule has 0 fully saturated rings. The molecule has 0 spiro atoms. The topological polar surface area (TPSA) is 143 Å². The largest absolute Gasteiger partial charge is 0.383 e. The van der Waals surface area contributed by atoms with Crippen LogP contribution in [0.1, 0.15) is 39.5 Å². The predicted octanol–water partition coefficient (Wildman–Crippen LogP) is 4.13. The molecule has 4 heterocycles. The monoisotopic (exact) mass is 541 g/mol. The number of nitrogens with one attached hydrogen (secondary N) is 1. The van der Waals surface area contributed by atoms with Crippen LogP contribution in [-0.2, 0) is 13.0 Å². The predicted molar refractivity (Wildman–Crippen MR) is 156 cm³/mol. The summed E-state index contributed by atoms with van der Waals surface area (Å²) >= 11 is 0. The van der Waals surface area contributed by atoms with Crippen LogP contribution in [0.15, 0.2) is 91.4 Å². The molecule has 1 aliphatic rings. The Labute approximate surface area is 235 Å². The van der Waals surface area contributed by atoms with E-state index in [4.69, 9.17) is 21.4 Å². The molecule has 0 radical (unpaired) electrons. The number of nitrogen functional groups attached to an aromatic ring is 1. The normalized spacial score (nSPS) is 14.3. The zero-order valence-corrected chi connectivity index (χ0v) is 22.1. The molecule has 0 unspecified atom stereocenters. The van der Waals surface area contributed by atoms with Crippen molar-refractivity contribution in [2.45, 2.75) is 25.4 Å². The van der Waals surface area contributed by atoms with Crippen LogP contribution in [0, 0.1) is 0 Å².